The molecule has 0 aliphatic carbocycles. The van der Waals surface area contributed by atoms with Crippen molar-refractivity contribution in [3.8, 4) is 0 Å². The van der Waals surface area contributed by atoms with Crippen molar-refractivity contribution in [2.24, 2.45) is 0 Å². The van der Waals surface area contributed by atoms with Gasteiger partial charge < -0.3 is 10.2 Å². The first kappa shape index (κ1) is 15.7. The Hall–Kier alpha value is -1.32. The summed E-state index contributed by atoms with van der Waals surface area (Å²) in [7, 11) is 4.00. The molecule has 1 N–H and O–H groups in total. The van der Waals surface area contributed by atoms with E-state index in [0.29, 0.717) is 6.04 Å². The van der Waals surface area contributed by atoms with Gasteiger partial charge in [-0.15, -0.1) is 0 Å². The molecule has 0 fully saturated rings. The van der Waals surface area contributed by atoms with E-state index in [1.165, 1.54) is 12.8 Å². The molecular formula is C15H28N4. The Kier molecular flexibility index (Phi) is 5.15. The van der Waals surface area contributed by atoms with Crippen LogP contribution in [0.15, 0.2) is 6.07 Å². The van der Waals surface area contributed by atoms with Crippen LogP contribution in [0.5, 0.6) is 0 Å². The fourth-order valence-electron chi connectivity index (χ4n) is 1.92. The molecule has 4 nitrogen and oxygen atoms in total. The maximum Gasteiger partial charge on any atom is 0.138 e. The van der Waals surface area contributed by atoms with Crippen molar-refractivity contribution >= 4 is 11.6 Å². The lowest BCUT2D eigenvalue weighted by molar-refractivity contribution is 0.541. The average molecular weight is 264 g/mol. The van der Waals surface area contributed by atoms with Gasteiger partial charge >= 0.3 is 0 Å². The van der Waals surface area contributed by atoms with Crippen LogP contribution in [0.3, 0.4) is 0 Å². The summed E-state index contributed by atoms with van der Waals surface area (Å²) in [5.41, 5.74) is -0.0452. The van der Waals surface area contributed by atoms with Gasteiger partial charge in [-0.2, -0.15) is 0 Å². The van der Waals surface area contributed by atoms with Crippen molar-refractivity contribution in [1.29, 1.82) is 0 Å². The number of anilines is 2. The minimum absolute atomic E-state index is 0.0452. The highest BCUT2D eigenvalue weighted by molar-refractivity contribution is 5.49. The summed E-state index contributed by atoms with van der Waals surface area (Å²) in [6, 6.07) is 2.50. The fourth-order valence-corrected chi connectivity index (χ4v) is 1.92. The quantitative estimate of drug-likeness (QED) is 0.884. The maximum atomic E-state index is 4.73. The van der Waals surface area contributed by atoms with Crippen molar-refractivity contribution in [3.63, 3.8) is 0 Å². The lowest BCUT2D eigenvalue weighted by Crippen LogP contribution is -2.30. The van der Waals surface area contributed by atoms with Crippen LogP contribution in [0.1, 0.15) is 53.3 Å². The Bertz CT molecular complexity index is 409. The van der Waals surface area contributed by atoms with E-state index in [1.807, 2.05) is 13.1 Å². The molecule has 108 valence electrons. The SMILES string of the molecule is CCCC(C)N(C)c1cc(NC)nc(C(C)(C)C)n1. The molecule has 19 heavy (non-hydrogen) atoms. The minimum atomic E-state index is -0.0452. The van der Waals surface area contributed by atoms with Crippen LogP contribution in [0.4, 0.5) is 11.6 Å². The monoisotopic (exact) mass is 264 g/mol. The predicted molar refractivity (Wildman–Crippen MR) is 83.1 cm³/mol. The Balaban J connectivity index is 3.13. The van der Waals surface area contributed by atoms with E-state index >= 15 is 0 Å². The first-order valence-electron chi connectivity index (χ1n) is 7.09. The van der Waals surface area contributed by atoms with Gasteiger partial charge in [0, 0.05) is 31.6 Å². The van der Waals surface area contributed by atoms with E-state index in [9.17, 15) is 0 Å². The van der Waals surface area contributed by atoms with Crippen LogP contribution in [0.25, 0.3) is 0 Å². The zero-order chi connectivity index (χ0) is 14.6. The summed E-state index contributed by atoms with van der Waals surface area (Å²) in [5.74, 6) is 2.75. The molecule has 0 amide bonds. The van der Waals surface area contributed by atoms with Crippen molar-refractivity contribution in [3.05, 3.63) is 11.9 Å². The number of rotatable bonds is 5. The molecule has 4 heteroatoms. The number of nitrogens with one attached hydrogen (secondary N) is 1. The smallest absolute Gasteiger partial charge is 0.138 e. The second-order valence-corrected chi connectivity index (χ2v) is 6.18. The lowest BCUT2D eigenvalue weighted by atomic mass is 9.95. The first-order valence-corrected chi connectivity index (χ1v) is 7.09. The molecular weight excluding hydrogens is 236 g/mol. The van der Waals surface area contributed by atoms with Crippen LogP contribution >= 0.6 is 0 Å². The van der Waals surface area contributed by atoms with E-state index < -0.39 is 0 Å². The molecule has 0 aliphatic heterocycles. The van der Waals surface area contributed by atoms with Gasteiger partial charge in [0.1, 0.15) is 17.5 Å². The third kappa shape index (κ3) is 4.08. The third-order valence-electron chi connectivity index (χ3n) is 3.37. The Labute approximate surface area is 117 Å². The highest BCUT2D eigenvalue weighted by atomic mass is 15.2. The van der Waals surface area contributed by atoms with Crippen LogP contribution in [0.2, 0.25) is 0 Å². The summed E-state index contributed by atoms with van der Waals surface area (Å²) in [4.78, 5) is 11.5. The van der Waals surface area contributed by atoms with E-state index in [2.05, 4.69) is 56.9 Å². The molecule has 0 radical (unpaired) electrons. The van der Waals surface area contributed by atoms with Gasteiger partial charge in [0.05, 0.1) is 0 Å². The molecule has 1 atom stereocenters. The van der Waals surface area contributed by atoms with Crippen LogP contribution < -0.4 is 10.2 Å². The topological polar surface area (TPSA) is 41.0 Å². The van der Waals surface area contributed by atoms with Crippen LogP contribution in [0, 0.1) is 0 Å². The van der Waals surface area contributed by atoms with E-state index in [4.69, 9.17) is 4.98 Å². The third-order valence-corrected chi connectivity index (χ3v) is 3.37. The van der Waals surface area contributed by atoms with Crippen molar-refractivity contribution in [2.75, 3.05) is 24.3 Å². The number of hydrogen-bond acceptors (Lipinski definition) is 4. The molecule has 0 aromatic carbocycles. The van der Waals surface area contributed by atoms with Gasteiger partial charge in [0.15, 0.2) is 0 Å². The van der Waals surface area contributed by atoms with E-state index in [1.54, 1.807) is 0 Å². The van der Waals surface area contributed by atoms with Crippen molar-refractivity contribution < 1.29 is 0 Å². The highest BCUT2D eigenvalue weighted by Crippen LogP contribution is 2.24. The van der Waals surface area contributed by atoms with Crippen molar-refractivity contribution in [2.45, 2.75) is 58.9 Å². The Morgan fingerprint density at radius 2 is 1.95 bits per heavy atom. The van der Waals surface area contributed by atoms with Gasteiger partial charge in [0.25, 0.3) is 0 Å². The average Bonchev–Trinajstić information content (AvgIpc) is 2.36. The van der Waals surface area contributed by atoms with Gasteiger partial charge in [0.2, 0.25) is 0 Å². The summed E-state index contributed by atoms with van der Waals surface area (Å²) >= 11 is 0. The molecule has 0 saturated heterocycles. The standard InChI is InChI=1S/C15H28N4/c1-8-9-11(2)19(7)13-10-12(16-6)17-14(18-13)15(3,4)5/h10-11H,8-9H2,1-7H3,(H,16,17,18). The molecule has 1 aromatic heterocycles. The first-order chi connectivity index (χ1) is 8.79. The molecule has 0 spiro atoms. The zero-order valence-corrected chi connectivity index (χ0v) is 13.4. The lowest BCUT2D eigenvalue weighted by Gasteiger charge is -2.28. The number of aromatic nitrogens is 2. The van der Waals surface area contributed by atoms with Crippen LogP contribution in [-0.4, -0.2) is 30.1 Å². The second-order valence-electron chi connectivity index (χ2n) is 6.18. The molecule has 0 aliphatic rings. The summed E-state index contributed by atoms with van der Waals surface area (Å²) in [6.45, 7) is 10.9. The van der Waals surface area contributed by atoms with Crippen molar-refractivity contribution in [1.82, 2.24) is 9.97 Å². The largest absolute Gasteiger partial charge is 0.373 e. The van der Waals surface area contributed by atoms with E-state index in [-0.39, 0.29) is 5.41 Å². The fraction of sp³-hybridized carbons (Fsp3) is 0.733. The summed E-state index contributed by atoms with van der Waals surface area (Å²) in [6.07, 6.45) is 2.35. The maximum absolute atomic E-state index is 4.73. The normalized spacial score (nSPS) is 13.2. The molecule has 1 rings (SSSR count). The summed E-state index contributed by atoms with van der Waals surface area (Å²) in [5, 5.41) is 3.13. The van der Waals surface area contributed by atoms with Gasteiger partial charge in [-0.25, -0.2) is 9.97 Å². The van der Waals surface area contributed by atoms with Gasteiger partial charge in [-0.3, -0.25) is 0 Å². The minimum Gasteiger partial charge on any atom is -0.373 e. The molecule has 1 aromatic rings. The second kappa shape index (κ2) is 6.22. The molecule has 1 heterocycles. The summed E-state index contributed by atoms with van der Waals surface area (Å²) < 4.78 is 0. The van der Waals surface area contributed by atoms with Crippen LogP contribution in [-0.2, 0) is 5.41 Å². The molecule has 1 unspecified atom stereocenters. The Morgan fingerprint density at radius 3 is 2.42 bits per heavy atom. The zero-order valence-electron chi connectivity index (χ0n) is 13.4. The Morgan fingerprint density at radius 1 is 1.32 bits per heavy atom. The number of nitrogens with zero attached hydrogens (tertiary/aromatic N) is 3. The predicted octanol–water partition coefficient (Wildman–Crippen LogP) is 3.44. The van der Waals surface area contributed by atoms with E-state index in [0.717, 1.165) is 17.5 Å². The highest BCUT2D eigenvalue weighted by Gasteiger charge is 2.21. The molecule has 0 saturated carbocycles. The number of hydrogen-bond donors (Lipinski definition) is 1. The molecule has 0 bridgehead atoms. The van der Waals surface area contributed by atoms with Gasteiger partial charge in [-0.05, 0) is 13.3 Å². The van der Waals surface area contributed by atoms with Gasteiger partial charge in [-0.1, -0.05) is 34.1 Å².